The highest BCUT2D eigenvalue weighted by molar-refractivity contribution is 5.79. The van der Waals surface area contributed by atoms with Gasteiger partial charge in [0.25, 0.3) is 0 Å². The van der Waals surface area contributed by atoms with Crippen LogP contribution in [0.5, 0.6) is 5.75 Å². The van der Waals surface area contributed by atoms with E-state index in [1.807, 2.05) is 6.07 Å². The van der Waals surface area contributed by atoms with Crippen molar-refractivity contribution in [2.75, 3.05) is 20.2 Å². The summed E-state index contributed by atoms with van der Waals surface area (Å²) in [5.74, 6) is 2.36. The zero-order valence-corrected chi connectivity index (χ0v) is 13.6. The number of hydrogen-bond acceptors (Lipinski definition) is 2. The SMILES string of the molecule is COc1cccc(CC[C@@H]2CCCN(C(=O)C3CCC3)C2)c1. The number of nitrogens with zero attached hydrogens (tertiary/aromatic N) is 1. The van der Waals surface area contributed by atoms with E-state index in [1.165, 1.54) is 31.2 Å². The second kappa shape index (κ2) is 7.17. The van der Waals surface area contributed by atoms with Gasteiger partial charge in [-0.25, -0.2) is 0 Å². The zero-order chi connectivity index (χ0) is 15.4. The van der Waals surface area contributed by atoms with Gasteiger partial charge < -0.3 is 9.64 Å². The summed E-state index contributed by atoms with van der Waals surface area (Å²) in [4.78, 5) is 14.5. The molecule has 2 aliphatic rings. The molecule has 0 unspecified atom stereocenters. The van der Waals surface area contributed by atoms with E-state index >= 15 is 0 Å². The molecule has 1 aliphatic carbocycles. The maximum atomic E-state index is 12.4. The van der Waals surface area contributed by atoms with Crippen LogP contribution in [0.2, 0.25) is 0 Å². The first kappa shape index (κ1) is 15.4. The minimum Gasteiger partial charge on any atom is -0.497 e. The van der Waals surface area contributed by atoms with Crippen molar-refractivity contribution < 1.29 is 9.53 Å². The number of methoxy groups -OCH3 is 1. The van der Waals surface area contributed by atoms with Crippen molar-refractivity contribution in [1.82, 2.24) is 4.90 Å². The van der Waals surface area contributed by atoms with Crippen LogP contribution in [0.1, 0.15) is 44.1 Å². The summed E-state index contributed by atoms with van der Waals surface area (Å²) < 4.78 is 5.29. The lowest BCUT2D eigenvalue weighted by Gasteiger charge is -2.37. The summed E-state index contributed by atoms with van der Waals surface area (Å²) in [7, 11) is 1.71. The molecule has 1 atom stereocenters. The van der Waals surface area contributed by atoms with Gasteiger partial charge in [-0.2, -0.15) is 0 Å². The average molecular weight is 301 g/mol. The molecule has 3 rings (SSSR count). The molecule has 1 heterocycles. The Labute approximate surface area is 133 Å². The van der Waals surface area contributed by atoms with Crippen molar-refractivity contribution in [3.63, 3.8) is 0 Å². The van der Waals surface area contributed by atoms with Crippen LogP contribution in [0.3, 0.4) is 0 Å². The molecular weight excluding hydrogens is 274 g/mol. The second-order valence-corrected chi connectivity index (χ2v) is 6.81. The molecule has 3 nitrogen and oxygen atoms in total. The molecule has 1 aromatic rings. The number of carbonyl (C=O) groups is 1. The molecule has 1 aliphatic heterocycles. The van der Waals surface area contributed by atoms with Gasteiger partial charge in [0.05, 0.1) is 7.11 Å². The molecule has 0 spiro atoms. The van der Waals surface area contributed by atoms with Crippen molar-refractivity contribution in [2.45, 2.75) is 44.9 Å². The number of rotatable bonds is 5. The molecule has 0 aromatic heterocycles. The third-order valence-electron chi connectivity index (χ3n) is 5.26. The highest BCUT2D eigenvalue weighted by atomic mass is 16.5. The standard InChI is InChI=1S/C19H27NO2/c1-22-18-9-2-5-15(13-18)10-11-16-6-4-12-20(14-16)19(21)17-7-3-8-17/h2,5,9,13,16-17H,3-4,6-8,10-12,14H2,1H3/t16-/m0/s1. The van der Waals surface area contributed by atoms with E-state index in [0.717, 1.165) is 38.1 Å². The Balaban J connectivity index is 1.50. The van der Waals surface area contributed by atoms with Gasteiger partial charge in [-0.15, -0.1) is 0 Å². The van der Waals surface area contributed by atoms with E-state index in [0.29, 0.717) is 17.7 Å². The topological polar surface area (TPSA) is 29.5 Å². The molecule has 1 saturated heterocycles. The molecule has 0 N–H and O–H groups in total. The molecule has 120 valence electrons. The largest absolute Gasteiger partial charge is 0.497 e. The van der Waals surface area contributed by atoms with Gasteiger partial charge in [0, 0.05) is 19.0 Å². The monoisotopic (exact) mass is 301 g/mol. The molecular formula is C19H27NO2. The van der Waals surface area contributed by atoms with Crippen LogP contribution in [0.4, 0.5) is 0 Å². The number of amides is 1. The summed E-state index contributed by atoms with van der Waals surface area (Å²) in [5.41, 5.74) is 1.33. The van der Waals surface area contributed by atoms with Crippen molar-refractivity contribution in [3.05, 3.63) is 29.8 Å². The average Bonchev–Trinajstić information content (AvgIpc) is 2.52. The molecule has 0 radical (unpaired) electrons. The van der Waals surface area contributed by atoms with E-state index in [9.17, 15) is 4.79 Å². The Kier molecular flexibility index (Phi) is 5.01. The molecule has 1 aromatic carbocycles. The van der Waals surface area contributed by atoms with Gasteiger partial charge in [0.1, 0.15) is 5.75 Å². The lowest BCUT2D eigenvalue weighted by Crippen LogP contribution is -2.44. The third-order valence-corrected chi connectivity index (χ3v) is 5.26. The number of benzene rings is 1. The number of piperidine rings is 1. The number of aryl methyl sites for hydroxylation is 1. The van der Waals surface area contributed by atoms with Gasteiger partial charge in [-0.1, -0.05) is 18.6 Å². The van der Waals surface area contributed by atoms with Gasteiger partial charge >= 0.3 is 0 Å². The summed E-state index contributed by atoms with van der Waals surface area (Å²) in [6.45, 7) is 1.95. The lowest BCUT2D eigenvalue weighted by molar-refractivity contribution is -0.140. The van der Waals surface area contributed by atoms with Gasteiger partial charge in [-0.3, -0.25) is 4.79 Å². The van der Waals surface area contributed by atoms with Crippen molar-refractivity contribution >= 4 is 5.91 Å². The summed E-state index contributed by atoms with van der Waals surface area (Å²) in [5, 5.41) is 0. The van der Waals surface area contributed by atoms with Crippen LogP contribution in [0, 0.1) is 11.8 Å². The Bertz CT molecular complexity index is 510. The Morgan fingerprint density at radius 3 is 2.86 bits per heavy atom. The van der Waals surface area contributed by atoms with Crippen LogP contribution in [-0.2, 0) is 11.2 Å². The molecule has 3 heteroatoms. The van der Waals surface area contributed by atoms with Crippen LogP contribution in [0.15, 0.2) is 24.3 Å². The maximum absolute atomic E-state index is 12.4. The van der Waals surface area contributed by atoms with Crippen molar-refractivity contribution in [3.8, 4) is 5.75 Å². The quantitative estimate of drug-likeness (QED) is 0.830. The van der Waals surface area contributed by atoms with Crippen LogP contribution in [-0.4, -0.2) is 31.0 Å². The Hall–Kier alpha value is -1.51. The predicted octanol–water partition coefficient (Wildman–Crippen LogP) is 3.67. The van der Waals surface area contributed by atoms with E-state index in [4.69, 9.17) is 4.74 Å². The minimum absolute atomic E-state index is 0.345. The van der Waals surface area contributed by atoms with Crippen molar-refractivity contribution in [1.29, 1.82) is 0 Å². The van der Waals surface area contributed by atoms with E-state index < -0.39 is 0 Å². The summed E-state index contributed by atoms with van der Waals surface area (Å²) >= 11 is 0. The Morgan fingerprint density at radius 1 is 1.27 bits per heavy atom. The maximum Gasteiger partial charge on any atom is 0.225 e. The third kappa shape index (κ3) is 3.63. The number of likely N-dealkylation sites (tertiary alicyclic amines) is 1. The predicted molar refractivity (Wildman–Crippen MR) is 88.0 cm³/mol. The van der Waals surface area contributed by atoms with Crippen LogP contribution in [0.25, 0.3) is 0 Å². The minimum atomic E-state index is 0.345. The highest BCUT2D eigenvalue weighted by Gasteiger charge is 2.31. The molecule has 0 bridgehead atoms. The number of ether oxygens (including phenoxy) is 1. The summed E-state index contributed by atoms with van der Waals surface area (Å²) in [6.07, 6.45) is 8.14. The first-order chi connectivity index (χ1) is 10.8. The van der Waals surface area contributed by atoms with Gasteiger partial charge in [-0.05, 0) is 62.1 Å². The van der Waals surface area contributed by atoms with Crippen molar-refractivity contribution in [2.24, 2.45) is 11.8 Å². The fraction of sp³-hybridized carbons (Fsp3) is 0.632. The molecule has 1 saturated carbocycles. The Morgan fingerprint density at radius 2 is 2.14 bits per heavy atom. The fourth-order valence-electron chi connectivity index (χ4n) is 3.61. The first-order valence-corrected chi connectivity index (χ1v) is 8.68. The van der Waals surface area contributed by atoms with Crippen LogP contribution < -0.4 is 4.74 Å². The lowest BCUT2D eigenvalue weighted by atomic mass is 9.83. The molecule has 2 fully saturated rings. The van der Waals surface area contributed by atoms with E-state index in [-0.39, 0.29) is 0 Å². The second-order valence-electron chi connectivity index (χ2n) is 6.81. The smallest absolute Gasteiger partial charge is 0.225 e. The van der Waals surface area contributed by atoms with E-state index in [2.05, 4.69) is 23.1 Å². The fourth-order valence-corrected chi connectivity index (χ4v) is 3.61. The molecule has 1 amide bonds. The highest BCUT2D eigenvalue weighted by Crippen LogP contribution is 2.31. The van der Waals surface area contributed by atoms with Crippen LogP contribution >= 0.6 is 0 Å². The molecule has 22 heavy (non-hydrogen) atoms. The zero-order valence-electron chi connectivity index (χ0n) is 13.6. The summed E-state index contributed by atoms with van der Waals surface area (Å²) in [6, 6.07) is 8.34. The van der Waals surface area contributed by atoms with Gasteiger partial charge in [0.15, 0.2) is 0 Å². The number of carbonyl (C=O) groups excluding carboxylic acids is 1. The normalized spacial score (nSPS) is 22.2. The van der Waals surface area contributed by atoms with E-state index in [1.54, 1.807) is 7.11 Å². The van der Waals surface area contributed by atoms with Gasteiger partial charge in [0.2, 0.25) is 5.91 Å². The number of hydrogen-bond donors (Lipinski definition) is 0. The first-order valence-electron chi connectivity index (χ1n) is 8.68.